The summed E-state index contributed by atoms with van der Waals surface area (Å²) in [7, 11) is 0. The Bertz CT molecular complexity index is 1330. The second-order valence-corrected chi connectivity index (χ2v) is 9.30. The summed E-state index contributed by atoms with van der Waals surface area (Å²) < 4.78 is 7.31. The zero-order chi connectivity index (χ0) is 23.8. The van der Waals surface area contributed by atoms with E-state index in [1.165, 1.54) is 35.2 Å². The summed E-state index contributed by atoms with van der Waals surface area (Å²) in [4.78, 5) is 31.6. The molecule has 0 fully saturated rings. The molecule has 10 heteroatoms. The fourth-order valence-corrected chi connectivity index (χ4v) is 4.89. The van der Waals surface area contributed by atoms with Gasteiger partial charge < -0.3 is 10.1 Å². The number of nitrogens with zero attached hydrogens (tertiary/aromatic N) is 3. The zero-order valence-corrected chi connectivity index (χ0v) is 19.6. The van der Waals surface area contributed by atoms with Crippen LogP contribution in [-0.4, -0.2) is 40.9 Å². The van der Waals surface area contributed by atoms with Gasteiger partial charge in [-0.15, -0.1) is 11.3 Å². The highest BCUT2D eigenvalue weighted by Crippen LogP contribution is 2.32. The number of amides is 1. The standard InChI is InChI=1S/C24H20N4O4S2/c29-23(25-11-12-32-20-7-2-1-3-8-20)16-33-24-27-21-10-9-18(14-22(21)34-24)26-15-17-5-4-6-19(13-17)28(30)31/h1-10,13-15H,11-12,16H2,(H,25,29). The number of carbonyl (C=O) groups excluding carboxylic acids is 1. The van der Waals surface area contributed by atoms with Gasteiger partial charge in [-0.3, -0.25) is 19.9 Å². The summed E-state index contributed by atoms with van der Waals surface area (Å²) in [6, 6.07) is 21.4. The van der Waals surface area contributed by atoms with Crippen LogP contribution in [0.3, 0.4) is 0 Å². The molecule has 0 bridgehead atoms. The molecule has 0 radical (unpaired) electrons. The lowest BCUT2D eigenvalue weighted by atomic mass is 10.2. The number of fused-ring (bicyclic) bond motifs is 1. The van der Waals surface area contributed by atoms with Crippen LogP contribution in [0.1, 0.15) is 5.56 Å². The third-order valence-electron chi connectivity index (χ3n) is 4.56. The van der Waals surface area contributed by atoms with Gasteiger partial charge in [0, 0.05) is 18.3 Å². The van der Waals surface area contributed by atoms with Crippen LogP contribution >= 0.6 is 23.1 Å². The van der Waals surface area contributed by atoms with Crippen molar-refractivity contribution in [3.8, 4) is 5.75 Å². The molecular formula is C24H20N4O4S2. The van der Waals surface area contributed by atoms with Gasteiger partial charge in [0.25, 0.3) is 5.69 Å². The van der Waals surface area contributed by atoms with Crippen molar-refractivity contribution >= 4 is 56.8 Å². The van der Waals surface area contributed by atoms with Crippen molar-refractivity contribution in [1.29, 1.82) is 0 Å². The van der Waals surface area contributed by atoms with Crippen LogP contribution in [0.2, 0.25) is 0 Å². The predicted octanol–water partition coefficient (Wildman–Crippen LogP) is 5.24. The second-order valence-electron chi connectivity index (χ2n) is 7.04. The lowest BCUT2D eigenvalue weighted by Crippen LogP contribution is -2.29. The van der Waals surface area contributed by atoms with Crippen molar-refractivity contribution in [2.24, 2.45) is 4.99 Å². The number of thioether (sulfide) groups is 1. The molecule has 3 aromatic carbocycles. The van der Waals surface area contributed by atoms with Crippen LogP contribution in [0.25, 0.3) is 10.2 Å². The molecule has 4 rings (SSSR count). The quantitative estimate of drug-likeness (QED) is 0.107. The number of nitro benzene ring substituents is 1. The number of non-ortho nitro benzene ring substituents is 1. The van der Waals surface area contributed by atoms with Crippen LogP contribution in [-0.2, 0) is 4.79 Å². The predicted molar refractivity (Wildman–Crippen MR) is 136 cm³/mol. The second kappa shape index (κ2) is 11.4. The Morgan fingerprint density at radius 1 is 1.15 bits per heavy atom. The monoisotopic (exact) mass is 492 g/mol. The first-order valence-corrected chi connectivity index (χ1v) is 12.1. The van der Waals surface area contributed by atoms with Crippen LogP contribution in [0, 0.1) is 10.1 Å². The number of para-hydroxylation sites is 1. The molecule has 0 unspecified atom stereocenters. The van der Waals surface area contributed by atoms with Gasteiger partial charge in [-0.25, -0.2) is 4.98 Å². The van der Waals surface area contributed by atoms with Crippen molar-refractivity contribution in [3.05, 3.63) is 88.5 Å². The van der Waals surface area contributed by atoms with E-state index in [1.54, 1.807) is 18.3 Å². The molecule has 1 aromatic heterocycles. The van der Waals surface area contributed by atoms with E-state index in [4.69, 9.17) is 4.74 Å². The smallest absolute Gasteiger partial charge is 0.270 e. The van der Waals surface area contributed by atoms with Crippen LogP contribution in [0.15, 0.2) is 82.1 Å². The number of hydrogen-bond acceptors (Lipinski definition) is 8. The molecule has 172 valence electrons. The number of benzene rings is 3. The topological polar surface area (TPSA) is 107 Å². The Kier molecular flexibility index (Phi) is 7.84. The summed E-state index contributed by atoms with van der Waals surface area (Å²) in [5.41, 5.74) is 2.22. The van der Waals surface area contributed by atoms with Gasteiger partial charge in [0.15, 0.2) is 4.34 Å². The SMILES string of the molecule is O=C(CSc1nc2ccc(N=Cc3cccc([N+](=O)[O-])c3)cc2s1)NCCOc1ccccc1. The Labute approximate surface area is 203 Å². The minimum Gasteiger partial charge on any atom is -0.492 e. The number of aliphatic imine (C=N–C) groups is 1. The molecule has 34 heavy (non-hydrogen) atoms. The van der Waals surface area contributed by atoms with E-state index in [0.717, 1.165) is 26.0 Å². The molecule has 0 saturated carbocycles. The first-order chi connectivity index (χ1) is 16.6. The molecule has 8 nitrogen and oxygen atoms in total. The highest BCUT2D eigenvalue weighted by molar-refractivity contribution is 8.01. The molecule has 4 aromatic rings. The molecule has 0 aliphatic carbocycles. The molecule has 0 saturated heterocycles. The normalized spacial score (nSPS) is 11.1. The Morgan fingerprint density at radius 3 is 2.82 bits per heavy atom. The summed E-state index contributed by atoms with van der Waals surface area (Å²) in [5.74, 6) is 0.959. The molecule has 1 heterocycles. The first-order valence-electron chi connectivity index (χ1n) is 10.3. The molecule has 1 amide bonds. The average molecular weight is 493 g/mol. The average Bonchev–Trinajstić information content (AvgIpc) is 3.27. The van der Waals surface area contributed by atoms with E-state index in [1.807, 2.05) is 48.5 Å². The third-order valence-corrected chi connectivity index (χ3v) is 6.72. The Morgan fingerprint density at radius 2 is 2.00 bits per heavy atom. The van der Waals surface area contributed by atoms with Crippen LogP contribution in [0.5, 0.6) is 5.75 Å². The largest absolute Gasteiger partial charge is 0.492 e. The van der Waals surface area contributed by atoms with Gasteiger partial charge in [0.1, 0.15) is 12.4 Å². The molecule has 0 spiro atoms. The summed E-state index contributed by atoms with van der Waals surface area (Å²) in [5, 5.41) is 13.8. The minimum atomic E-state index is -0.432. The van der Waals surface area contributed by atoms with Gasteiger partial charge in [0.05, 0.1) is 33.1 Å². The Balaban J connectivity index is 1.28. The lowest BCUT2D eigenvalue weighted by molar-refractivity contribution is -0.384. The Hall–Kier alpha value is -3.76. The number of thiazole rings is 1. The van der Waals surface area contributed by atoms with E-state index in [0.29, 0.717) is 18.7 Å². The van der Waals surface area contributed by atoms with Gasteiger partial charge in [-0.1, -0.05) is 42.1 Å². The van der Waals surface area contributed by atoms with Crippen LogP contribution < -0.4 is 10.1 Å². The van der Waals surface area contributed by atoms with E-state index < -0.39 is 4.92 Å². The highest BCUT2D eigenvalue weighted by Gasteiger charge is 2.09. The fraction of sp³-hybridized carbons (Fsp3) is 0.125. The van der Waals surface area contributed by atoms with Gasteiger partial charge in [-0.2, -0.15) is 0 Å². The number of nitrogens with one attached hydrogen (secondary N) is 1. The number of nitro groups is 1. The molecular weight excluding hydrogens is 472 g/mol. The van der Waals surface area contributed by atoms with E-state index in [-0.39, 0.29) is 17.3 Å². The minimum absolute atomic E-state index is 0.0243. The van der Waals surface area contributed by atoms with Crippen molar-refractivity contribution in [2.75, 3.05) is 18.9 Å². The first kappa shape index (κ1) is 23.4. The van der Waals surface area contributed by atoms with Gasteiger partial charge in [0.2, 0.25) is 5.91 Å². The van der Waals surface area contributed by atoms with E-state index >= 15 is 0 Å². The number of carbonyl (C=O) groups is 1. The number of ether oxygens (including phenoxy) is 1. The van der Waals surface area contributed by atoms with Crippen LogP contribution in [0.4, 0.5) is 11.4 Å². The fourth-order valence-electron chi connectivity index (χ4n) is 2.96. The van der Waals surface area contributed by atoms with Crippen molar-refractivity contribution in [2.45, 2.75) is 4.34 Å². The molecule has 0 aliphatic rings. The van der Waals surface area contributed by atoms with Gasteiger partial charge >= 0.3 is 0 Å². The maximum absolute atomic E-state index is 12.1. The molecule has 0 aliphatic heterocycles. The maximum atomic E-state index is 12.1. The third kappa shape index (κ3) is 6.63. The highest BCUT2D eigenvalue weighted by atomic mass is 32.2. The summed E-state index contributed by atoms with van der Waals surface area (Å²) in [6.07, 6.45) is 1.59. The molecule has 1 N–H and O–H groups in total. The van der Waals surface area contributed by atoms with E-state index in [2.05, 4.69) is 15.3 Å². The van der Waals surface area contributed by atoms with E-state index in [9.17, 15) is 14.9 Å². The van der Waals surface area contributed by atoms with Crippen molar-refractivity contribution in [1.82, 2.24) is 10.3 Å². The maximum Gasteiger partial charge on any atom is 0.270 e. The van der Waals surface area contributed by atoms with Gasteiger partial charge in [-0.05, 0) is 35.9 Å². The van der Waals surface area contributed by atoms with Crippen molar-refractivity contribution in [3.63, 3.8) is 0 Å². The zero-order valence-electron chi connectivity index (χ0n) is 17.9. The number of aromatic nitrogens is 1. The number of rotatable bonds is 10. The number of hydrogen-bond donors (Lipinski definition) is 1. The lowest BCUT2D eigenvalue weighted by Gasteiger charge is -2.07. The summed E-state index contributed by atoms with van der Waals surface area (Å²) in [6.45, 7) is 0.835. The van der Waals surface area contributed by atoms with Crippen molar-refractivity contribution < 1.29 is 14.5 Å². The molecule has 0 atom stereocenters. The summed E-state index contributed by atoms with van der Waals surface area (Å²) >= 11 is 2.87.